The minimum atomic E-state index is -0.530. The Balaban J connectivity index is 2.85. The molecule has 1 aromatic heterocycles. The summed E-state index contributed by atoms with van der Waals surface area (Å²) < 4.78 is 10.3. The van der Waals surface area contributed by atoms with Gasteiger partial charge in [0.25, 0.3) is 0 Å². The van der Waals surface area contributed by atoms with Crippen molar-refractivity contribution >= 4 is 11.8 Å². The van der Waals surface area contributed by atoms with Crippen molar-refractivity contribution in [3.05, 3.63) is 18.0 Å². The molecular weight excluding hydrogens is 232 g/mol. The number of amides is 1. The van der Waals surface area contributed by atoms with Gasteiger partial charge >= 0.3 is 6.09 Å². The van der Waals surface area contributed by atoms with E-state index in [2.05, 4.69) is 10.3 Å². The average molecular weight is 252 g/mol. The van der Waals surface area contributed by atoms with E-state index in [0.717, 1.165) is 12.1 Å². The fourth-order valence-electron chi connectivity index (χ4n) is 1.35. The van der Waals surface area contributed by atoms with Crippen LogP contribution in [-0.2, 0) is 11.2 Å². The SMILES string of the molecule is CCc1cc(NC(=O)OC(C)(C)C)c(OC)cn1. The predicted octanol–water partition coefficient (Wildman–Crippen LogP) is 3.00. The molecule has 0 aliphatic rings. The van der Waals surface area contributed by atoms with Crippen molar-refractivity contribution in [2.45, 2.75) is 39.7 Å². The number of carbonyl (C=O) groups is 1. The minimum Gasteiger partial charge on any atom is -0.493 e. The van der Waals surface area contributed by atoms with Crippen LogP contribution in [0.15, 0.2) is 12.3 Å². The van der Waals surface area contributed by atoms with Crippen molar-refractivity contribution in [2.75, 3.05) is 12.4 Å². The number of hydrogen-bond acceptors (Lipinski definition) is 4. The first kappa shape index (κ1) is 14.3. The summed E-state index contributed by atoms with van der Waals surface area (Å²) in [7, 11) is 1.53. The molecule has 0 spiro atoms. The third-order valence-corrected chi connectivity index (χ3v) is 2.14. The van der Waals surface area contributed by atoms with Gasteiger partial charge < -0.3 is 9.47 Å². The number of nitrogens with one attached hydrogen (secondary N) is 1. The van der Waals surface area contributed by atoms with Gasteiger partial charge in [0.1, 0.15) is 5.60 Å². The second-order valence-electron chi connectivity index (χ2n) is 4.86. The Morgan fingerprint density at radius 2 is 2.11 bits per heavy atom. The lowest BCUT2D eigenvalue weighted by Crippen LogP contribution is -2.27. The Hall–Kier alpha value is -1.78. The molecule has 1 aromatic rings. The van der Waals surface area contributed by atoms with Crippen LogP contribution in [0.25, 0.3) is 0 Å². The third-order valence-electron chi connectivity index (χ3n) is 2.14. The maximum atomic E-state index is 11.7. The number of pyridine rings is 1. The average Bonchev–Trinajstić information content (AvgIpc) is 2.26. The van der Waals surface area contributed by atoms with Crippen LogP contribution in [0.4, 0.5) is 10.5 Å². The topological polar surface area (TPSA) is 60.5 Å². The molecule has 0 aromatic carbocycles. The molecule has 0 radical (unpaired) electrons. The van der Waals surface area contributed by atoms with Gasteiger partial charge in [-0.15, -0.1) is 0 Å². The Morgan fingerprint density at radius 1 is 1.44 bits per heavy atom. The van der Waals surface area contributed by atoms with Gasteiger partial charge in [0, 0.05) is 5.69 Å². The number of hydrogen-bond donors (Lipinski definition) is 1. The van der Waals surface area contributed by atoms with E-state index in [1.165, 1.54) is 7.11 Å². The summed E-state index contributed by atoms with van der Waals surface area (Å²) >= 11 is 0. The van der Waals surface area contributed by atoms with Crippen molar-refractivity contribution in [1.82, 2.24) is 4.98 Å². The van der Waals surface area contributed by atoms with Crippen LogP contribution >= 0.6 is 0 Å². The van der Waals surface area contributed by atoms with Gasteiger partial charge in [-0.3, -0.25) is 10.3 Å². The second-order valence-corrected chi connectivity index (χ2v) is 4.86. The van der Waals surface area contributed by atoms with Crippen molar-refractivity contribution < 1.29 is 14.3 Å². The normalized spacial score (nSPS) is 10.9. The van der Waals surface area contributed by atoms with E-state index in [1.807, 2.05) is 27.7 Å². The molecule has 1 heterocycles. The van der Waals surface area contributed by atoms with Gasteiger partial charge in [-0.2, -0.15) is 0 Å². The number of aromatic nitrogens is 1. The molecule has 0 aliphatic carbocycles. The molecule has 0 saturated carbocycles. The molecule has 100 valence electrons. The van der Waals surface area contributed by atoms with E-state index < -0.39 is 11.7 Å². The highest BCUT2D eigenvalue weighted by Crippen LogP contribution is 2.24. The molecule has 0 aliphatic heterocycles. The van der Waals surface area contributed by atoms with Crippen molar-refractivity contribution in [3.8, 4) is 5.75 Å². The molecule has 0 fully saturated rings. The first-order chi connectivity index (χ1) is 8.35. The molecule has 0 unspecified atom stereocenters. The van der Waals surface area contributed by atoms with Crippen LogP contribution in [-0.4, -0.2) is 23.8 Å². The number of methoxy groups -OCH3 is 1. The van der Waals surface area contributed by atoms with Crippen LogP contribution in [0.5, 0.6) is 5.75 Å². The highest BCUT2D eigenvalue weighted by molar-refractivity contribution is 5.86. The Bertz CT molecular complexity index is 425. The fraction of sp³-hybridized carbons (Fsp3) is 0.538. The van der Waals surface area contributed by atoms with Gasteiger partial charge in [-0.05, 0) is 33.3 Å². The van der Waals surface area contributed by atoms with E-state index in [0.29, 0.717) is 11.4 Å². The second kappa shape index (κ2) is 5.71. The smallest absolute Gasteiger partial charge is 0.412 e. The van der Waals surface area contributed by atoms with Gasteiger partial charge in [0.2, 0.25) is 0 Å². The third kappa shape index (κ3) is 4.24. The fourth-order valence-corrected chi connectivity index (χ4v) is 1.35. The molecule has 18 heavy (non-hydrogen) atoms. The Labute approximate surface area is 108 Å². The number of nitrogens with zero attached hydrogens (tertiary/aromatic N) is 1. The minimum absolute atomic E-state index is 0.506. The lowest BCUT2D eigenvalue weighted by Gasteiger charge is -2.20. The van der Waals surface area contributed by atoms with Crippen molar-refractivity contribution in [2.24, 2.45) is 0 Å². The lowest BCUT2D eigenvalue weighted by atomic mass is 10.2. The first-order valence-corrected chi connectivity index (χ1v) is 5.88. The number of anilines is 1. The lowest BCUT2D eigenvalue weighted by molar-refractivity contribution is 0.0635. The number of carbonyl (C=O) groups excluding carboxylic acids is 1. The molecule has 1 N–H and O–H groups in total. The summed E-state index contributed by atoms with van der Waals surface area (Å²) in [5.41, 5.74) is 0.915. The molecular formula is C13H20N2O3. The van der Waals surface area contributed by atoms with Gasteiger partial charge in [-0.1, -0.05) is 6.92 Å². The maximum Gasteiger partial charge on any atom is 0.412 e. The molecule has 0 saturated heterocycles. The molecule has 0 atom stereocenters. The zero-order valence-corrected chi connectivity index (χ0v) is 11.5. The van der Waals surface area contributed by atoms with Gasteiger partial charge in [0.15, 0.2) is 5.75 Å². The van der Waals surface area contributed by atoms with Crippen LogP contribution in [0.2, 0.25) is 0 Å². The Kier molecular flexibility index (Phi) is 4.53. The molecule has 0 bridgehead atoms. The molecule has 5 heteroatoms. The highest BCUT2D eigenvalue weighted by atomic mass is 16.6. The van der Waals surface area contributed by atoms with Gasteiger partial charge in [-0.25, -0.2) is 4.79 Å². The van der Waals surface area contributed by atoms with Crippen LogP contribution in [0.1, 0.15) is 33.4 Å². The van der Waals surface area contributed by atoms with Crippen LogP contribution in [0.3, 0.4) is 0 Å². The molecule has 1 rings (SSSR count). The zero-order chi connectivity index (χ0) is 13.8. The Morgan fingerprint density at radius 3 is 2.61 bits per heavy atom. The number of rotatable bonds is 3. The van der Waals surface area contributed by atoms with E-state index in [-0.39, 0.29) is 0 Å². The van der Waals surface area contributed by atoms with E-state index in [4.69, 9.17) is 9.47 Å². The van der Waals surface area contributed by atoms with E-state index >= 15 is 0 Å². The standard InChI is InChI=1S/C13H20N2O3/c1-6-9-7-10(11(17-5)8-14-9)15-12(16)18-13(2,3)4/h7-8H,6H2,1-5H3,(H,14,15,16). The number of ether oxygens (including phenoxy) is 2. The predicted molar refractivity (Wildman–Crippen MR) is 70.0 cm³/mol. The summed E-state index contributed by atoms with van der Waals surface area (Å²) in [6.07, 6.45) is 1.87. The highest BCUT2D eigenvalue weighted by Gasteiger charge is 2.17. The summed E-state index contributed by atoms with van der Waals surface area (Å²) in [5.74, 6) is 0.512. The summed E-state index contributed by atoms with van der Waals surface area (Å²) in [4.78, 5) is 15.9. The molecule has 5 nitrogen and oxygen atoms in total. The monoisotopic (exact) mass is 252 g/mol. The van der Waals surface area contributed by atoms with Crippen LogP contribution in [0, 0.1) is 0 Å². The summed E-state index contributed by atoms with van der Waals surface area (Å²) in [5, 5.41) is 2.67. The van der Waals surface area contributed by atoms with Crippen LogP contribution < -0.4 is 10.1 Å². The maximum absolute atomic E-state index is 11.7. The van der Waals surface area contributed by atoms with Crippen molar-refractivity contribution in [3.63, 3.8) is 0 Å². The molecule has 1 amide bonds. The van der Waals surface area contributed by atoms with Gasteiger partial charge in [0.05, 0.1) is 19.0 Å². The zero-order valence-electron chi connectivity index (χ0n) is 11.5. The summed E-state index contributed by atoms with van der Waals surface area (Å²) in [6.45, 7) is 7.43. The number of aryl methyl sites for hydroxylation is 1. The van der Waals surface area contributed by atoms with E-state index in [9.17, 15) is 4.79 Å². The first-order valence-electron chi connectivity index (χ1n) is 5.88. The summed E-state index contributed by atoms with van der Waals surface area (Å²) in [6, 6.07) is 1.78. The van der Waals surface area contributed by atoms with E-state index in [1.54, 1.807) is 12.3 Å². The van der Waals surface area contributed by atoms with Crippen molar-refractivity contribution in [1.29, 1.82) is 0 Å². The largest absolute Gasteiger partial charge is 0.493 e. The quantitative estimate of drug-likeness (QED) is 0.898.